The summed E-state index contributed by atoms with van der Waals surface area (Å²) in [6.45, 7) is 4.88. The van der Waals surface area contributed by atoms with Crippen molar-refractivity contribution in [3.63, 3.8) is 0 Å². The number of urea groups is 1. The van der Waals surface area contributed by atoms with E-state index in [1.807, 2.05) is 0 Å². The summed E-state index contributed by atoms with van der Waals surface area (Å²) >= 11 is 0. The molecule has 8 nitrogen and oxygen atoms in total. The van der Waals surface area contributed by atoms with Crippen LogP contribution in [0.1, 0.15) is 12.0 Å². The Morgan fingerprint density at radius 3 is 2.67 bits per heavy atom. The maximum Gasteiger partial charge on any atom is 0.324 e. The van der Waals surface area contributed by atoms with Gasteiger partial charge in [-0.25, -0.2) is 4.79 Å². The van der Waals surface area contributed by atoms with Gasteiger partial charge in [-0.15, -0.1) is 24.0 Å². The molecule has 0 bridgehead atoms. The second-order valence-corrected chi connectivity index (χ2v) is 6.61. The molecule has 0 spiro atoms. The minimum atomic E-state index is -0.329. The number of carbonyl (C=O) groups excluding carboxylic acids is 2. The Kier molecular flexibility index (Phi) is 7.69. The lowest BCUT2D eigenvalue weighted by molar-refractivity contribution is -0.124. The highest BCUT2D eigenvalue weighted by Crippen LogP contribution is 2.20. The van der Waals surface area contributed by atoms with Gasteiger partial charge in [-0.1, -0.05) is 17.7 Å². The van der Waals surface area contributed by atoms with Gasteiger partial charge < -0.3 is 20.9 Å². The fraction of sp³-hybridized carbons (Fsp3) is 0.500. The van der Waals surface area contributed by atoms with Crippen molar-refractivity contribution in [2.75, 3.05) is 44.7 Å². The topological polar surface area (TPSA) is 89.1 Å². The zero-order valence-corrected chi connectivity index (χ0v) is 18.0. The van der Waals surface area contributed by atoms with E-state index in [0.29, 0.717) is 25.1 Å². The van der Waals surface area contributed by atoms with Crippen LogP contribution in [0, 0.1) is 6.92 Å². The molecule has 3 N–H and O–H groups in total. The molecular weight excluding hydrogens is 459 g/mol. The second-order valence-electron chi connectivity index (χ2n) is 6.61. The normalized spacial score (nSPS) is 19.8. The summed E-state index contributed by atoms with van der Waals surface area (Å²) in [5, 5.41) is 9.10. The highest BCUT2D eigenvalue weighted by Gasteiger charge is 2.28. The van der Waals surface area contributed by atoms with Crippen molar-refractivity contribution >= 4 is 47.6 Å². The van der Waals surface area contributed by atoms with Crippen LogP contribution in [0.5, 0.6) is 0 Å². The van der Waals surface area contributed by atoms with E-state index in [-0.39, 0.29) is 42.5 Å². The number of hydrogen-bond acceptors (Lipinski definition) is 4. The molecule has 2 heterocycles. The van der Waals surface area contributed by atoms with E-state index >= 15 is 0 Å². The minimum Gasteiger partial charge on any atom is -0.369 e. The van der Waals surface area contributed by atoms with Gasteiger partial charge in [0.1, 0.15) is 0 Å². The Bertz CT molecular complexity index is 678. The number of benzene rings is 1. The van der Waals surface area contributed by atoms with Crippen LogP contribution in [0.15, 0.2) is 29.3 Å². The maximum atomic E-state index is 11.6. The quantitative estimate of drug-likeness (QED) is 0.249. The third kappa shape index (κ3) is 5.47. The summed E-state index contributed by atoms with van der Waals surface area (Å²) in [5.41, 5.74) is 2.50. The SMILES string of the molecule is CN=C(NCCN1C(=O)CNC1=O)NC1CCN(c2ccc(C)cc2)C1.I. The van der Waals surface area contributed by atoms with E-state index in [9.17, 15) is 9.59 Å². The number of aliphatic imine (C=N–C) groups is 1. The van der Waals surface area contributed by atoms with Crippen LogP contribution >= 0.6 is 24.0 Å². The number of imide groups is 1. The monoisotopic (exact) mass is 486 g/mol. The first-order valence-corrected chi connectivity index (χ1v) is 8.94. The van der Waals surface area contributed by atoms with E-state index in [1.54, 1.807) is 7.05 Å². The van der Waals surface area contributed by atoms with Gasteiger partial charge in [0, 0.05) is 45.0 Å². The molecule has 0 aromatic heterocycles. The number of carbonyl (C=O) groups is 2. The Morgan fingerprint density at radius 1 is 1.30 bits per heavy atom. The van der Waals surface area contributed by atoms with Crippen LogP contribution in [0.25, 0.3) is 0 Å². The summed E-state index contributed by atoms with van der Waals surface area (Å²) in [7, 11) is 1.72. The molecule has 148 valence electrons. The summed E-state index contributed by atoms with van der Waals surface area (Å²) in [5.74, 6) is 0.497. The maximum absolute atomic E-state index is 11.6. The van der Waals surface area contributed by atoms with E-state index in [2.05, 4.69) is 57.0 Å². The summed E-state index contributed by atoms with van der Waals surface area (Å²) in [6.07, 6.45) is 1.03. The van der Waals surface area contributed by atoms with Gasteiger partial charge in [-0.05, 0) is 25.5 Å². The van der Waals surface area contributed by atoms with Crippen molar-refractivity contribution < 1.29 is 9.59 Å². The molecule has 0 radical (unpaired) electrons. The zero-order valence-electron chi connectivity index (χ0n) is 15.7. The average molecular weight is 486 g/mol. The standard InChI is InChI=1S/C18H26N6O2.HI/c1-13-3-5-15(6-4-13)23-9-7-14(12-23)22-17(19-2)20-8-10-24-16(25)11-21-18(24)26;/h3-6,14H,7-12H2,1-2H3,(H,21,26)(H2,19,20,22);1H. The molecule has 1 unspecified atom stereocenters. The molecule has 1 aromatic rings. The molecule has 3 rings (SSSR count). The third-order valence-corrected chi connectivity index (χ3v) is 4.72. The van der Waals surface area contributed by atoms with Gasteiger partial charge in [0.15, 0.2) is 5.96 Å². The first-order chi connectivity index (χ1) is 12.6. The van der Waals surface area contributed by atoms with Crippen LogP contribution in [-0.2, 0) is 4.79 Å². The minimum absolute atomic E-state index is 0. The van der Waals surface area contributed by atoms with Crippen LogP contribution in [0.4, 0.5) is 10.5 Å². The zero-order chi connectivity index (χ0) is 18.5. The molecule has 2 saturated heterocycles. The highest BCUT2D eigenvalue weighted by molar-refractivity contribution is 14.0. The van der Waals surface area contributed by atoms with Crippen molar-refractivity contribution in [1.29, 1.82) is 0 Å². The number of aryl methyl sites for hydroxylation is 1. The second kappa shape index (κ2) is 9.77. The number of rotatable bonds is 5. The molecule has 0 aliphatic carbocycles. The van der Waals surface area contributed by atoms with Gasteiger partial charge in [0.2, 0.25) is 5.91 Å². The number of hydrogen-bond donors (Lipinski definition) is 3. The molecule has 1 atom stereocenters. The molecule has 3 amide bonds. The number of amides is 3. The van der Waals surface area contributed by atoms with Crippen molar-refractivity contribution in [1.82, 2.24) is 20.9 Å². The number of halogens is 1. The van der Waals surface area contributed by atoms with Crippen molar-refractivity contribution in [2.24, 2.45) is 4.99 Å². The van der Waals surface area contributed by atoms with E-state index in [1.165, 1.54) is 16.2 Å². The molecule has 27 heavy (non-hydrogen) atoms. The first-order valence-electron chi connectivity index (χ1n) is 8.94. The number of guanidine groups is 1. The smallest absolute Gasteiger partial charge is 0.324 e. The van der Waals surface area contributed by atoms with Crippen molar-refractivity contribution in [2.45, 2.75) is 19.4 Å². The Hall–Kier alpha value is -2.04. The van der Waals surface area contributed by atoms with Crippen LogP contribution in [0.2, 0.25) is 0 Å². The van der Waals surface area contributed by atoms with Gasteiger partial charge in [-0.2, -0.15) is 0 Å². The van der Waals surface area contributed by atoms with Gasteiger partial charge in [0.05, 0.1) is 6.54 Å². The van der Waals surface area contributed by atoms with Gasteiger partial charge in [0.25, 0.3) is 0 Å². The number of nitrogens with zero attached hydrogens (tertiary/aromatic N) is 3. The van der Waals surface area contributed by atoms with Gasteiger partial charge in [-0.3, -0.25) is 14.7 Å². The fourth-order valence-electron chi connectivity index (χ4n) is 3.22. The summed E-state index contributed by atoms with van der Waals surface area (Å²) < 4.78 is 0. The largest absolute Gasteiger partial charge is 0.369 e. The summed E-state index contributed by atoms with van der Waals surface area (Å²) in [6, 6.07) is 8.55. The fourth-order valence-corrected chi connectivity index (χ4v) is 3.22. The van der Waals surface area contributed by atoms with E-state index < -0.39 is 0 Å². The molecule has 1 aromatic carbocycles. The average Bonchev–Trinajstić information content (AvgIpc) is 3.23. The Labute approximate surface area is 176 Å². The molecule has 2 aliphatic rings. The third-order valence-electron chi connectivity index (χ3n) is 4.72. The van der Waals surface area contributed by atoms with Crippen LogP contribution in [-0.4, -0.2) is 68.6 Å². The number of nitrogens with one attached hydrogen (secondary N) is 3. The predicted octanol–water partition coefficient (Wildman–Crippen LogP) is 0.909. The Balaban J connectivity index is 0.00000261. The van der Waals surface area contributed by atoms with Gasteiger partial charge >= 0.3 is 6.03 Å². The highest BCUT2D eigenvalue weighted by atomic mass is 127. The molecular formula is C18H27IN6O2. The lowest BCUT2D eigenvalue weighted by atomic mass is 10.2. The molecule has 2 fully saturated rings. The first kappa shape index (κ1) is 21.3. The molecule has 9 heteroatoms. The van der Waals surface area contributed by atoms with Crippen LogP contribution in [0.3, 0.4) is 0 Å². The molecule has 0 saturated carbocycles. The lowest BCUT2D eigenvalue weighted by Gasteiger charge is -2.21. The van der Waals surface area contributed by atoms with Crippen molar-refractivity contribution in [3.05, 3.63) is 29.8 Å². The Morgan fingerprint density at radius 2 is 2.04 bits per heavy atom. The van der Waals surface area contributed by atoms with E-state index in [0.717, 1.165) is 19.5 Å². The lowest BCUT2D eigenvalue weighted by Crippen LogP contribution is -2.47. The predicted molar refractivity (Wildman–Crippen MR) is 117 cm³/mol. The van der Waals surface area contributed by atoms with Crippen LogP contribution < -0.4 is 20.9 Å². The van der Waals surface area contributed by atoms with E-state index in [4.69, 9.17) is 0 Å². The van der Waals surface area contributed by atoms with Crippen molar-refractivity contribution in [3.8, 4) is 0 Å². The molecule has 2 aliphatic heterocycles. The number of anilines is 1. The summed E-state index contributed by atoms with van der Waals surface area (Å²) in [4.78, 5) is 30.9.